The molecule has 4 nitrogen and oxygen atoms in total. The molecule has 0 unspecified atom stereocenters. The maximum absolute atomic E-state index is 13.2. The van der Waals surface area contributed by atoms with Gasteiger partial charge in [0.1, 0.15) is 5.82 Å². The lowest BCUT2D eigenvalue weighted by atomic mass is 10.0. The number of rotatable bonds is 4. The first-order chi connectivity index (χ1) is 12.2. The minimum absolute atomic E-state index is 0.0172. The molecule has 1 aromatic carbocycles. The third kappa shape index (κ3) is 5.59. The summed E-state index contributed by atoms with van der Waals surface area (Å²) in [5, 5.41) is 6.16. The van der Waals surface area contributed by atoms with E-state index in [0.29, 0.717) is 18.1 Å². The van der Waals surface area contributed by atoms with Crippen LogP contribution in [0.25, 0.3) is 0 Å². The molecule has 0 bridgehead atoms. The van der Waals surface area contributed by atoms with Crippen molar-refractivity contribution in [3.8, 4) is 0 Å². The van der Waals surface area contributed by atoms with E-state index in [2.05, 4.69) is 34.4 Å². The fourth-order valence-corrected chi connectivity index (χ4v) is 3.09. The Labute approximate surface area is 151 Å². The SMILES string of the molecule is CN=C(NCc1ccc(F)cc1C(F)(F)F)NC1CCN(C(C)C)CC1. The van der Waals surface area contributed by atoms with Crippen LogP contribution in [-0.4, -0.2) is 43.1 Å². The standard InChI is InChI=1S/C18H26F4N4/c1-12(2)26-8-6-15(7-9-26)25-17(23-3)24-11-13-4-5-14(19)10-16(13)18(20,21)22/h4-5,10,12,15H,6-9,11H2,1-3H3,(H2,23,24,25). The van der Waals surface area contributed by atoms with E-state index >= 15 is 0 Å². The highest BCUT2D eigenvalue weighted by molar-refractivity contribution is 5.80. The zero-order chi connectivity index (χ0) is 19.3. The molecule has 26 heavy (non-hydrogen) atoms. The Hall–Kier alpha value is -1.83. The minimum Gasteiger partial charge on any atom is -0.354 e. The van der Waals surface area contributed by atoms with E-state index in [1.54, 1.807) is 7.05 Å². The summed E-state index contributed by atoms with van der Waals surface area (Å²) in [6.07, 6.45) is -2.70. The molecule has 0 aromatic heterocycles. The normalized spacial score (nSPS) is 17.6. The number of nitrogens with zero attached hydrogens (tertiary/aromatic N) is 2. The lowest BCUT2D eigenvalue weighted by molar-refractivity contribution is -0.138. The summed E-state index contributed by atoms with van der Waals surface area (Å²) in [7, 11) is 1.58. The molecule has 2 N–H and O–H groups in total. The molecule has 0 amide bonds. The predicted molar refractivity (Wildman–Crippen MR) is 94.5 cm³/mol. The molecule has 1 fully saturated rings. The van der Waals surface area contributed by atoms with Gasteiger partial charge in [-0.3, -0.25) is 4.99 Å². The lowest BCUT2D eigenvalue weighted by Gasteiger charge is -2.35. The van der Waals surface area contributed by atoms with Crippen LogP contribution in [0, 0.1) is 5.82 Å². The van der Waals surface area contributed by atoms with Gasteiger partial charge in [0.15, 0.2) is 5.96 Å². The van der Waals surface area contributed by atoms with Gasteiger partial charge in [-0.1, -0.05) is 6.07 Å². The van der Waals surface area contributed by atoms with Gasteiger partial charge < -0.3 is 15.5 Å². The van der Waals surface area contributed by atoms with Gasteiger partial charge in [-0.05, 0) is 44.4 Å². The Morgan fingerprint density at radius 3 is 2.46 bits per heavy atom. The molecule has 0 spiro atoms. The number of halogens is 4. The average molecular weight is 374 g/mol. The van der Waals surface area contributed by atoms with E-state index in [4.69, 9.17) is 0 Å². The molecule has 0 saturated carbocycles. The van der Waals surface area contributed by atoms with Gasteiger partial charge >= 0.3 is 6.18 Å². The van der Waals surface area contributed by atoms with Crippen LogP contribution < -0.4 is 10.6 Å². The lowest BCUT2D eigenvalue weighted by Crippen LogP contribution is -2.49. The van der Waals surface area contributed by atoms with E-state index in [9.17, 15) is 17.6 Å². The average Bonchev–Trinajstić information content (AvgIpc) is 2.59. The number of hydrogen-bond acceptors (Lipinski definition) is 2. The van der Waals surface area contributed by atoms with E-state index in [1.807, 2.05) is 0 Å². The number of benzene rings is 1. The highest BCUT2D eigenvalue weighted by Crippen LogP contribution is 2.32. The van der Waals surface area contributed by atoms with Gasteiger partial charge in [-0.25, -0.2) is 4.39 Å². The molecule has 0 atom stereocenters. The van der Waals surface area contributed by atoms with Crippen molar-refractivity contribution < 1.29 is 17.6 Å². The monoisotopic (exact) mass is 374 g/mol. The van der Waals surface area contributed by atoms with Crippen molar-refractivity contribution in [3.63, 3.8) is 0 Å². The van der Waals surface area contributed by atoms with E-state index in [0.717, 1.165) is 38.1 Å². The summed E-state index contributed by atoms with van der Waals surface area (Å²) in [4.78, 5) is 6.48. The van der Waals surface area contributed by atoms with Crippen LogP contribution in [0.4, 0.5) is 17.6 Å². The third-order valence-corrected chi connectivity index (χ3v) is 4.65. The van der Waals surface area contributed by atoms with Crippen molar-refractivity contribution in [3.05, 3.63) is 35.1 Å². The van der Waals surface area contributed by atoms with Crippen LogP contribution in [0.3, 0.4) is 0 Å². The number of hydrogen-bond donors (Lipinski definition) is 2. The van der Waals surface area contributed by atoms with Gasteiger partial charge in [-0.2, -0.15) is 13.2 Å². The van der Waals surface area contributed by atoms with Crippen LogP contribution in [0.15, 0.2) is 23.2 Å². The van der Waals surface area contributed by atoms with Crippen molar-refractivity contribution >= 4 is 5.96 Å². The Morgan fingerprint density at radius 1 is 1.27 bits per heavy atom. The van der Waals surface area contributed by atoms with Crippen LogP contribution in [0.5, 0.6) is 0 Å². The fraction of sp³-hybridized carbons (Fsp3) is 0.611. The summed E-state index contributed by atoms with van der Waals surface area (Å²) in [5.74, 6) is -0.453. The Balaban J connectivity index is 1.94. The van der Waals surface area contributed by atoms with Crippen LogP contribution in [-0.2, 0) is 12.7 Å². The predicted octanol–water partition coefficient (Wildman–Crippen LogP) is 3.38. The first kappa shape index (κ1) is 20.5. The third-order valence-electron chi connectivity index (χ3n) is 4.65. The molecule has 1 aliphatic rings. The number of nitrogens with one attached hydrogen (secondary N) is 2. The summed E-state index contributed by atoms with van der Waals surface area (Å²) < 4.78 is 52.4. The van der Waals surface area contributed by atoms with Gasteiger partial charge in [0.25, 0.3) is 0 Å². The highest BCUT2D eigenvalue weighted by Gasteiger charge is 2.33. The van der Waals surface area contributed by atoms with Gasteiger partial charge in [0, 0.05) is 38.8 Å². The summed E-state index contributed by atoms with van der Waals surface area (Å²) in [6, 6.07) is 3.44. The first-order valence-corrected chi connectivity index (χ1v) is 8.77. The highest BCUT2D eigenvalue weighted by atomic mass is 19.4. The molecular weight excluding hydrogens is 348 g/mol. The largest absolute Gasteiger partial charge is 0.416 e. The molecule has 1 aliphatic heterocycles. The van der Waals surface area contributed by atoms with E-state index in [-0.39, 0.29) is 18.2 Å². The smallest absolute Gasteiger partial charge is 0.354 e. The van der Waals surface area contributed by atoms with E-state index < -0.39 is 17.6 Å². The van der Waals surface area contributed by atoms with Crippen LogP contribution >= 0.6 is 0 Å². The minimum atomic E-state index is -4.60. The summed E-state index contributed by atoms with van der Waals surface area (Å²) >= 11 is 0. The maximum Gasteiger partial charge on any atom is 0.416 e. The molecule has 0 radical (unpaired) electrons. The topological polar surface area (TPSA) is 39.7 Å². The van der Waals surface area contributed by atoms with Gasteiger partial charge in [0.2, 0.25) is 0 Å². The van der Waals surface area contributed by atoms with E-state index in [1.165, 1.54) is 0 Å². The van der Waals surface area contributed by atoms with Crippen molar-refractivity contribution in [2.24, 2.45) is 4.99 Å². The number of guanidine groups is 1. The molecule has 1 heterocycles. The maximum atomic E-state index is 13.2. The second kappa shape index (κ2) is 8.70. The number of alkyl halides is 3. The molecular formula is C18H26F4N4. The van der Waals surface area contributed by atoms with Crippen molar-refractivity contribution in [1.29, 1.82) is 0 Å². The number of aliphatic imine (C=N–C) groups is 1. The number of likely N-dealkylation sites (tertiary alicyclic amines) is 1. The summed E-state index contributed by atoms with van der Waals surface area (Å²) in [6.45, 7) is 6.19. The van der Waals surface area contributed by atoms with Crippen molar-refractivity contribution in [2.45, 2.75) is 51.5 Å². The number of piperidine rings is 1. The molecule has 146 valence electrons. The van der Waals surface area contributed by atoms with Gasteiger partial charge in [0.05, 0.1) is 5.56 Å². The zero-order valence-electron chi connectivity index (χ0n) is 15.3. The fourth-order valence-electron chi connectivity index (χ4n) is 3.09. The molecule has 2 rings (SSSR count). The quantitative estimate of drug-likeness (QED) is 0.482. The molecule has 1 aromatic rings. The Morgan fingerprint density at radius 2 is 1.92 bits per heavy atom. The van der Waals surface area contributed by atoms with Gasteiger partial charge in [-0.15, -0.1) is 0 Å². The molecule has 0 aliphatic carbocycles. The second-order valence-electron chi connectivity index (χ2n) is 6.77. The van der Waals surface area contributed by atoms with Crippen LogP contribution in [0.1, 0.15) is 37.8 Å². The zero-order valence-corrected chi connectivity index (χ0v) is 15.3. The second-order valence-corrected chi connectivity index (χ2v) is 6.77. The Bertz CT molecular complexity index is 620. The molecule has 8 heteroatoms. The van der Waals surface area contributed by atoms with Crippen molar-refractivity contribution in [1.82, 2.24) is 15.5 Å². The van der Waals surface area contributed by atoms with Crippen LogP contribution in [0.2, 0.25) is 0 Å². The summed E-state index contributed by atoms with van der Waals surface area (Å²) in [5.41, 5.74) is -0.984. The Kier molecular flexibility index (Phi) is 6.86. The van der Waals surface area contributed by atoms with Crippen molar-refractivity contribution in [2.75, 3.05) is 20.1 Å². The molecule has 1 saturated heterocycles. The first-order valence-electron chi connectivity index (χ1n) is 8.77.